The number of alkyl halides is 7. The predicted octanol–water partition coefficient (Wildman–Crippen LogP) is 3.72. The summed E-state index contributed by atoms with van der Waals surface area (Å²) in [6.45, 7) is 1.28. The van der Waals surface area contributed by atoms with Gasteiger partial charge in [-0.25, -0.2) is 4.39 Å². The van der Waals surface area contributed by atoms with E-state index in [1.807, 2.05) is 0 Å². The molecule has 126 valence electrons. The van der Waals surface area contributed by atoms with E-state index in [0.29, 0.717) is 6.08 Å². The van der Waals surface area contributed by atoms with Gasteiger partial charge in [-0.1, -0.05) is 13.0 Å². The Kier molecular flexibility index (Phi) is 5.26. The molecule has 1 aliphatic rings. The van der Waals surface area contributed by atoms with Crippen LogP contribution in [-0.4, -0.2) is 29.7 Å². The fraction of sp³-hybridized carbons (Fsp3) is 0.583. The maximum absolute atomic E-state index is 13.9. The number of amides is 1. The lowest BCUT2D eigenvalue weighted by Crippen LogP contribution is -2.55. The Hall–Kier alpha value is -1.19. The van der Waals surface area contributed by atoms with Crippen LogP contribution >= 0.6 is 12.6 Å². The maximum atomic E-state index is 13.9. The van der Waals surface area contributed by atoms with Crippen LogP contribution in [-0.2, 0) is 4.79 Å². The van der Waals surface area contributed by atoms with Crippen molar-refractivity contribution in [3.05, 3.63) is 23.4 Å². The van der Waals surface area contributed by atoms with Crippen molar-refractivity contribution >= 4 is 18.5 Å². The Morgan fingerprint density at radius 3 is 2.05 bits per heavy atom. The molecule has 0 unspecified atom stereocenters. The number of carbonyl (C=O) groups excluding carboxylic acids is 1. The number of thiol groups is 1. The van der Waals surface area contributed by atoms with Crippen molar-refractivity contribution in [2.45, 2.75) is 31.4 Å². The van der Waals surface area contributed by atoms with E-state index in [0.717, 1.165) is 6.08 Å². The van der Waals surface area contributed by atoms with E-state index in [1.165, 1.54) is 6.92 Å². The molecule has 10 heteroatoms. The number of halogens is 7. The second-order valence-electron chi connectivity index (χ2n) is 4.78. The van der Waals surface area contributed by atoms with Gasteiger partial charge in [0.1, 0.15) is 0 Å². The van der Waals surface area contributed by atoms with Gasteiger partial charge in [-0.2, -0.15) is 39.0 Å². The van der Waals surface area contributed by atoms with Crippen LogP contribution in [0, 0.1) is 5.92 Å². The molecular weight excluding hydrogens is 339 g/mol. The monoisotopic (exact) mass is 351 g/mol. The van der Waals surface area contributed by atoms with Crippen molar-refractivity contribution in [1.29, 1.82) is 0 Å². The number of carbonyl (C=O) groups is 1. The number of rotatable bonds is 3. The Morgan fingerprint density at radius 2 is 1.68 bits per heavy atom. The Labute approximate surface area is 126 Å². The quantitative estimate of drug-likeness (QED) is 0.589. The highest BCUT2D eigenvalue weighted by molar-refractivity contribution is 7.81. The molecule has 0 aliphatic heterocycles. The minimum absolute atomic E-state index is 0.106. The number of nitrogens with one attached hydrogen (secondary N) is 1. The van der Waals surface area contributed by atoms with Crippen LogP contribution in [0.3, 0.4) is 0 Å². The lowest BCUT2D eigenvalue weighted by molar-refractivity contribution is -0.327. The average Bonchev–Trinajstić information content (AvgIpc) is 2.37. The van der Waals surface area contributed by atoms with Crippen LogP contribution in [0.4, 0.5) is 30.7 Å². The normalized spacial score (nSPS) is 20.3. The summed E-state index contributed by atoms with van der Waals surface area (Å²) in [5.41, 5.74) is -6.75. The van der Waals surface area contributed by atoms with Gasteiger partial charge in [0.05, 0.1) is 5.75 Å². The van der Waals surface area contributed by atoms with E-state index in [4.69, 9.17) is 0 Å². The maximum Gasteiger partial charge on any atom is 0.435 e. The molecule has 0 radical (unpaired) electrons. The minimum Gasteiger partial charge on any atom is -0.329 e. The van der Waals surface area contributed by atoms with Crippen molar-refractivity contribution in [3.63, 3.8) is 0 Å². The van der Waals surface area contributed by atoms with Gasteiger partial charge in [0.25, 0.3) is 0 Å². The van der Waals surface area contributed by atoms with Gasteiger partial charge < -0.3 is 5.32 Å². The summed E-state index contributed by atoms with van der Waals surface area (Å²) in [6, 6.07) is 0. The lowest BCUT2D eigenvalue weighted by Gasteiger charge is -2.35. The largest absolute Gasteiger partial charge is 0.435 e. The number of hydrogen-bond donors (Lipinski definition) is 2. The number of allylic oxidation sites excluding steroid dienone is 4. The third kappa shape index (κ3) is 3.41. The topological polar surface area (TPSA) is 29.1 Å². The van der Waals surface area contributed by atoms with Gasteiger partial charge in [0, 0.05) is 11.6 Å². The Morgan fingerprint density at radius 1 is 1.18 bits per heavy atom. The fourth-order valence-corrected chi connectivity index (χ4v) is 2.09. The molecule has 0 aromatic rings. The third-order valence-electron chi connectivity index (χ3n) is 3.17. The standard InChI is InChI=1S/C12H12F7NOS/c1-6-4-7(2-3-8(6)20-9(21)5-22)10(13,11(14,15)16)12(17,18)19/h2-3,6,22H,4-5H2,1H3,(H,20,21)/t6-/m1/s1. The van der Waals surface area contributed by atoms with Gasteiger partial charge in [-0.15, -0.1) is 0 Å². The van der Waals surface area contributed by atoms with Crippen molar-refractivity contribution in [2.24, 2.45) is 5.92 Å². The first-order chi connectivity index (χ1) is 9.84. The molecule has 0 fully saturated rings. The first kappa shape index (κ1) is 18.9. The molecule has 0 heterocycles. The SMILES string of the molecule is C[C@@H]1CC(C(F)(C(F)(F)F)C(F)(F)F)=CC=C1NC(=O)CS. The van der Waals surface area contributed by atoms with Crippen molar-refractivity contribution < 1.29 is 35.5 Å². The molecule has 0 aromatic heterocycles. The van der Waals surface area contributed by atoms with Crippen LogP contribution in [0.2, 0.25) is 0 Å². The molecule has 1 N–H and O–H groups in total. The summed E-state index contributed by atoms with van der Waals surface area (Å²) in [6.07, 6.45) is -11.8. The highest BCUT2D eigenvalue weighted by Gasteiger charge is 2.74. The van der Waals surface area contributed by atoms with E-state index < -0.39 is 41.8 Å². The minimum atomic E-state index is -6.13. The zero-order chi connectivity index (χ0) is 17.3. The van der Waals surface area contributed by atoms with Gasteiger partial charge in [-0.05, 0) is 18.1 Å². The molecule has 1 atom stereocenters. The van der Waals surface area contributed by atoms with Crippen LogP contribution in [0.25, 0.3) is 0 Å². The molecular formula is C12H12F7NOS. The zero-order valence-corrected chi connectivity index (χ0v) is 12.0. The summed E-state index contributed by atoms with van der Waals surface area (Å²) in [5, 5.41) is 2.28. The third-order valence-corrected chi connectivity index (χ3v) is 3.46. The van der Waals surface area contributed by atoms with E-state index in [1.54, 1.807) is 0 Å². The highest BCUT2D eigenvalue weighted by atomic mass is 32.1. The van der Waals surface area contributed by atoms with E-state index in [2.05, 4.69) is 17.9 Å². The van der Waals surface area contributed by atoms with E-state index >= 15 is 0 Å². The highest BCUT2D eigenvalue weighted by Crippen LogP contribution is 2.52. The zero-order valence-electron chi connectivity index (χ0n) is 11.1. The lowest BCUT2D eigenvalue weighted by atomic mass is 9.82. The van der Waals surface area contributed by atoms with Gasteiger partial charge >= 0.3 is 18.0 Å². The van der Waals surface area contributed by atoms with Crippen LogP contribution in [0.1, 0.15) is 13.3 Å². The first-order valence-corrected chi connectivity index (χ1v) is 6.62. The Bertz CT molecular complexity index is 493. The number of hydrogen-bond acceptors (Lipinski definition) is 2. The van der Waals surface area contributed by atoms with Gasteiger partial charge in [0.15, 0.2) is 0 Å². The van der Waals surface area contributed by atoms with Crippen molar-refractivity contribution in [1.82, 2.24) is 5.32 Å². The fourth-order valence-electron chi connectivity index (χ4n) is 2.01. The molecule has 2 nitrogen and oxygen atoms in total. The van der Waals surface area contributed by atoms with E-state index in [-0.39, 0.29) is 11.4 Å². The predicted molar refractivity (Wildman–Crippen MR) is 67.9 cm³/mol. The second-order valence-corrected chi connectivity index (χ2v) is 5.10. The summed E-state index contributed by atoms with van der Waals surface area (Å²) in [5.74, 6) is -1.70. The molecule has 0 aromatic carbocycles. The smallest absolute Gasteiger partial charge is 0.329 e. The van der Waals surface area contributed by atoms with E-state index in [9.17, 15) is 35.5 Å². The molecule has 0 spiro atoms. The summed E-state index contributed by atoms with van der Waals surface area (Å²) < 4.78 is 89.7. The second kappa shape index (κ2) is 6.13. The molecule has 0 saturated carbocycles. The van der Waals surface area contributed by atoms with Gasteiger partial charge in [-0.3, -0.25) is 4.79 Å². The van der Waals surface area contributed by atoms with Crippen molar-refractivity contribution in [3.8, 4) is 0 Å². The van der Waals surface area contributed by atoms with Gasteiger partial charge in [0.2, 0.25) is 5.91 Å². The summed E-state index contributed by atoms with van der Waals surface area (Å²) >= 11 is 3.67. The Balaban J connectivity index is 3.23. The first-order valence-electron chi connectivity index (χ1n) is 5.99. The summed E-state index contributed by atoms with van der Waals surface area (Å²) in [7, 11) is 0. The summed E-state index contributed by atoms with van der Waals surface area (Å²) in [4.78, 5) is 11.1. The van der Waals surface area contributed by atoms with Crippen molar-refractivity contribution in [2.75, 3.05) is 5.75 Å². The molecule has 1 rings (SSSR count). The molecule has 22 heavy (non-hydrogen) atoms. The van der Waals surface area contributed by atoms with Crippen LogP contribution < -0.4 is 5.32 Å². The average molecular weight is 351 g/mol. The molecule has 0 saturated heterocycles. The molecule has 1 aliphatic carbocycles. The van der Waals surface area contributed by atoms with Crippen LogP contribution in [0.5, 0.6) is 0 Å². The van der Waals surface area contributed by atoms with Crippen LogP contribution in [0.15, 0.2) is 23.4 Å². The molecule has 0 bridgehead atoms. The molecule has 1 amide bonds.